The van der Waals surface area contributed by atoms with Gasteiger partial charge in [-0.15, -0.1) is 11.3 Å². The average molecular weight is 196 g/mol. The van der Waals surface area contributed by atoms with Crippen molar-refractivity contribution in [3.05, 3.63) is 16.6 Å². The Morgan fingerprint density at radius 1 is 1.69 bits per heavy atom. The third-order valence-corrected chi connectivity index (χ3v) is 2.94. The van der Waals surface area contributed by atoms with Crippen LogP contribution in [0.5, 0.6) is 0 Å². The van der Waals surface area contributed by atoms with Crippen molar-refractivity contribution >= 4 is 17.2 Å². The van der Waals surface area contributed by atoms with Crippen LogP contribution in [-0.2, 0) is 11.2 Å². The largest absolute Gasteiger partial charge is 0.356 e. The van der Waals surface area contributed by atoms with E-state index >= 15 is 0 Å². The van der Waals surface area contributed by atoms with Gasteiger partial charge in [-0.3, -0.25) is 9.78 Å². The first-order chi connectivity index (χ1) is 6.36. The molecule has 0 bridgehead atoms. The molecule has 13 heavy (non-hydrogen) atoms. The maximum atomic E-state index is 11.2. The van der Waals surface area contributed by atoms with Crippen LogP contribution in [0.1, 0.15) is 17.7 Å². The molecule has 1 saturated carbocycles. The van der Waals surface area contributed by atoms with E-state index in [1.165, 1.54) is 4.88 Å². The Bertz CT molecular complexity index is 280. The Labute approximate surface area is 81.2 Å². The lowest BCUT2D eigenvalue weighted by atomic mass is 10.3. The van der Waals surface area contributed by atoms with E-state index in [4.69, 9.17) is 0 Å². The highest BCUT2D eigenvalue weighted by Gasteiger charge is 2.28. The van der Waals surface area contributed by atoms with Gasteiger partial charge >= 0.3 is 0 Å². The molecule has 2 rings (SSSR count). The number of carbonyl (C=O) groups excluding carboxylic acids is 1. The maximum Gasteiger partial charge on any atom is 0.223 e. The molecule has 1 aliphatic carbocycles. The van der Waals surface area contributed by atoms with Crippen molar-refractivity contribution in [2.45, 2.75) is 19.3 Å². The van der Waals surface area contributed by atoms with Crippen LogP contribution in [-0.4, -0.2) is 17.4 Å². The fourth-order valence-electron chi connectivity index (χ4n) is 1.16. The number of carbonyl (C=O) groups is 1. The molecule has 0 saturated heterocycles. The number of nitrogens with zero attached hydrogens (tertiary/aromatic N) is 1. The second kappa shape index (κ2) is 3.87. The first kappa shape index (κ1) is 8.69. The topological polar surface area (TPSA) is 42.0 Å². The first-order valence-electron chi connectivity index (χ1n) is 4.51. The molecule has 1 heterocycles. The molecule has 0 aromatic carbocycles. The number of aromatic nitrogens is 1. The van der Waals surface area contributed by atoms with Crippen molar-refractivity contribution in [1.82, 2.24) is 10.3 Å². The van der Waals surface area contributed by atoms with Gasteiger partial charge in [0.15, 0.2) is 0 Å². The zero-order valence-electron chi connectivity index (χ0n) is 7.32. The third kappa shape index (κ3) is 2.52. The number of hydrogen-bond donors (Lipinski definition) is 1. The fourth-order valence-corrected chi connectivity index (χ4v) is 1.76. The van der Waals surface area contributed by atoms with Crippen LogP contribution in [0.4, 0.5) is 0 Å². The van der Waals surface area contributed by atoms with Crippen molar-refractivity contribution < 1.29 is 4.79 Å². The van der Waals surface area contributed by atoms with Crippen molar-refractivity contribution in [3.63, 3.8) is 0 Å². The van der Waals surface area contributed by atoms with E-state index in [1.807, 2.05) is 11.7 Å². The highest BCUT2D eigenvalue weighted by molar-refractivity contribution is 7.09. The van der Waals surface area contributed by atoms with E-state index in [-0.39, 0.29) is 5.91 Å². The summed E-state index contributed by atoms with van der Waals surface area (Å²) in [7, 11) is 0. The summed E-state index contributed by atoms with van der Waals surface area (Å²) in [6.07, 6.45) is 4.91. The highest BCUT2D eigenvalue weighted by Crippen LogP contribution is 2.28. The first-order valence-corrected chi connectivity index (χ1v) is 5.39. The molecule has 0 atom stereocenters. The van der Waals surface area contributed by atoms with E-state index in [9.17, 15) is 4.79 Å². The molecular weight excluding hydrogens is 184 g/mol. The maximum absolute atomic E-state index is 11.2. The zero-order valence-corrected chi connectivity index (χ0v) is 8.14. The smallest absolute Gasteiger partial charge is 0.223 e. The van der Waals surface area contributed by atoms with Gasteiger partial charge in [0.1, 0.15) is 0 Å². The SMILES string of the molecule is O=C(NCCc1cncs1)C1CC1. The molecule has 3 nitrogen and oxygen atoms in total. The Kier molecular flexibility index (Phi) is 2.59. The predicted octanol–water partition coefficient (Wildman–Crippen LogP) is 1.21. The van der Waals surface area contributed by atoms with Gasteiger partial charge in [-0.1, -0.05) is 0 Å². The number of hydrogen-bond acceptors (Lipinski definition) is 3. The lowest BCUT2D eigenvalue weighted by molar-refractivity contribution is -0.122. The van der Waals surface area contributed by atoms with Gasteiger partial charge in [0, 0.05) is 30.0 Å². The van der Waals surface area contributed by atoms with Crippen LogP contribution in [0.25, 0.3) is 0 Å². The number of rotatable bonds is 4. The minimum atomic E-state index is 0.226. The van der Waals surface area contributed by atoms with Crippen LogP contribution in [0.3, 0.4) is 0 Å². The number of amides is 1. The molecule has 1 amide bonds. The minimum absolute atomic E-state index is 0.226. The summed E-state index contributed by atoms with van der Waals surface area (Å²) in [6.45, 7) is 0.748. The Balaban J connectivity index is 1.66. The van der Waals surface area contributed by atoms with Crippen LogP contribution in [0.15, 0.2) is 11.7 Å². The quantitative estimate of drug-likeness (QED) is 0.786. The van der Waals surface area contributed by atoms with Gasteiger partial charge in [0.05, 0.1) is 5.51 Å². The minimum Gasteiger partial charge on any atom is -0.356 e. The molecule has 0 radical (unpaired) electrons. The Hall–Kier alpha value is -0.900. The van der Waals surface area contributed by atoms with Crippen molar-refractivity contribution in [3.8, 4) is 0 Å². The van der Waals surface area contributed by atoms with Gasteiger partial charge in [-0.25, -0.2) is 0 Å². The normalized spacial score (nSPS) is 15.7. The van der Waals surface area contributed by atoms with E-state index in [0.29, 0.717) is 5.92 Å². The molecule has 70 valence electrons. The van der Waals surface area contributed by atoms with E-state index in [1.54, 1.807) is 11.3 Å². The number of thiazole rings is 1. The monoisotopic (exact) mass is 196 g/mol. The van der Waals surface area contributed by atoms with Gasteiger partial charge < -0.3 is 5.32 Å². The average Bonchev–Trinajstić information content (AvgIpc) is 2.86. The van der Waals surface area contributed by atoms with E-state index in [2.05, 4.69) is 10.3 Å². The van der Waals surface area contributed by atoms with Crippen LogP contribution < -0.4 is 5.32 Å². The molecule has 0 aliphatic heterocycles. The zero-order chi connectivity index (χ0) is 9.10. The second-order valence-corrected chi connectivity index (χ2v) is 4.25. The standard InChI is InChI=1S/C9H12N2OS/c12-9(7-1-2-7)11-4-3-8-5-10-6-13-8/h5-7H,1-4H2,(H,11,12). The van der Waals surface area contributed by atoms with Gasteiger partial charge in [0.2, 0.25) is 5.91 Å². The molecular formula is C9H12N2OS. The summed E-state index contributed by atoms with van der Waals surface area (Å²) in [5, 5.41) is 2.92. The van der Waals surface area contributed by atoms with Crippen molar-refractivity contribution in [2.24, 2.45) is 5.92 Å². The predicted molar refractivity (Wildman–Crippen MR) is 51.6 cm³/mol. The summed E-state index contributed by atoms with van der Waals surface area (Å²) in [4.78, 5) is 16.4. The van der Waals surface area contributed by atoms with Crippen LogP contribution in [0, 0.1) is 5.92 Å². The molecule has 1 aromatic rings. The summed E-state index contributed by atoms with van der Waals surface area (Å²) in [5.74, 6) is 0.547. The fraction of sp³-hybridized carbons (Fsp3) is 0.556. The summed E-state index contributed by atoms with van der Waals surface area (Å²) < 4.78 is 0. The molecule has 0 unspecified atom stereocenters. The highest BCUT2D eigenvalue weighted by atomic mass is 32.1. The van der Waals surface area contributed by atoms with E-state index < -0.39 is 0 Å². The Morgan fingerprint density at radius 3 is 3.15 bits per heavy atom. The van der Waals surface area contributed by atoms with Crippen LogP contribution >= 0.6 is 11.3 Å². The molecule has 0 spiro atoms. The Morgan fingerprint density at radius 2 is 2.54 bits per heavy atom. The number of nitrogens with one attached hydrogen (secondary N) is 1. The molecule has 1 N–H and O–H groups in total. The molecule has 1 fully saturated rings. The summed E-state index contributed by atoms with van der Waals surface area (Å²) >= 11 is 1.64. The molecule has 4 heteroatoms. The summed E-state index contributed by atoms with van der Waals surface area (Å²) in [6, 6.07) is 0. The lowest BCUT2D eigenvalue weighted by Crippen LogP contribution is -2.26. The lowest BCUT2D eigenvalue weighted by Gasteiger charge is -2.01. The van der Waals surface area contributed by atoms with Gasteiger partial charge in [0.25, 0.3) is 0 Å². The third-order valence-electron chi connectivity index (χ3n) is 2.10. The van der Waals surface area contributed by atoms with Crippen LogP contribution in [0.2, 0.25) is 0 Å². The summed E-state index contributed by atoms with van der Waals surface area (Å²) in [5.41, 5.74) is 1.82. The van der Waals surface area contributed by atoms with Gasteiger partial charge in [-0.05, 0) is 12.8 Å². The molecule has 1 aliphatic rings. The van der Waals surface area contributed by atoms with Gasteiger partial charge in [-0.2, -0.15) is 0 Å². The molecule has 1 aromatic heterocycles. The van der Waals surface area contributed by atoms with Crippen molar-refractivity contribution in [2.75, 3.05) is 6.54 Å². The van der Waals surface area contributed by atoms with Crippen molar-refractivity contribution in [1.29, 1.82) is 0 Å². The second-order valence-electron chi connectivity index (χ2n) is 3.28. The van der Waals surface area contributed by atoms with E-state index in [0.717, 1.165) is 25.8 Å².